The number of methoxy groups -OCH3 is 1. The molecule has 1 aliphatic carbocycles. The maximum Gasteiger partial charge on any atom is 0.0462 e. The molecule has 0 amide bonds. The van der Waals surface area contributed by atoms with Gasteiger partial charge in [0.25, 0.3) is 0 Å². The quantitative estimate of drug-likeness (QED) is 0.699. The highest BCUT2D eigenvalue weighted by molar-refractivity contribution is 7.09. The summed E-state index contributed by atoms with van der Waals surface area (Å²) in [6.45, 7) is 2.91. The van der Waals surface area contributed by atoms with Gasteiger partial charge in [0, 0.05) is 43.8 Å². The van der Waals surface area contributed by atoms with Gasteiger partial charge in [0.1, 0.15) is 0 Å². The molecule has 2 N–H and O–H groups in total. The van der Waals surface area contributed by atoms with E-state index < -0.39 is 0 Å². The lowest BCUT2D eigenvalue weighted by molar-refractivity contribution is 0.183. The summed E-state index contributed by atoms with van der Waals surface area (Å²) >= 11 is 1.84. The second-order valence-corrected chi connectivity index (χ2v) is 6.17. The molecule has 102 valence electrons. The molecule has 1 saturated carbocycles. The number of nitrogens with two attached hydrogens (primary N) is 1. The molecule has 1 aromatic heterocycles. The highest BCUT2D eigenvalue weighted by atomic mass is 32.1. The Morgan fingerprint density at radius 1 is 1.56 bits per heavy atom. The van der Waals surface area contributed by atoms with Crippen LogP contribution in [0.1, 0.15) is 30.6 Å². The summed E-state index contributed by atoms with van der Waals surface area (Å²) in [5, 5.41) is 2.15. The lowest BCUT2D eigenvalue weighted by Gasteiger charge is -2.25. The van der Waals surface area contributed by atoms with Crippen LogP contribution in [0.4, 0.5) is 0 Å². The minimum atomic E-state index is 0.278. The fraction of sp³-hybridized carbons (Fsp3) is 0.714. The minimum Gasteiger partial charge on any atom is -0.385 e. The Hall–Kier alpha value is -0.420. The van der Waals surface area contributed by atoms with Crippen LogP contribution in [-0.4, -0.2) is 37.2 Å². The van der Waals surface area contributed by atoms with Crippen LogP contribution in [0, 0.1) is 0 Å². The average Bonchev–Trinajstić information content (AvgIpc) is 3.08. The lowest BCUT2D eigenvalue weighted by atomic mass is 10.1. The van der Waals surface area contributed by atoms with Gasteiger partial charge in [-0.2, -0.15) is 0 Å². The third kappa shape index (κ3) is 4.69. The maximum absolute atomic E-state index is 6.22. The first-order chi connectivity index (χ1) is 8.79. The predicted molar refractivity (Wildman–Crippen MR) is 76.8 cm³/mol. The number of hydrogen-bond donors (Lipinski definition) is 1. The molecule has 1 atom stereocenters. The molecule has 1 heterocycles. The van der Waals surface area contributed by atoms with Crippen LogP contribution >= 0.6 is 11.3 Å². The molecule has 1 fully saturated rings. The average molecular weight is 268 g/mol. The van der Waals surface area contributed by atoms with Crippen molar-refractivity contribution in [3.05, 3.63) is 22.4 Å². The Bertz CT molecular complexity index is 325. The highest BCUT2D eigenvalue weighted by Crippen LogP contribution is 2.29. The van der Waals surface area contributed by atoms with Crippen molar-refractivity contribution in [2.75, 3.05) is 20.3 Å². The normalized spacial score (nSPS) is 17.3. The first kappa shape index (κ1) is 14.0. The molecule has 0 saturated heterocycles. The monoisotopic (exact) mass is 268 g/mol. The van der Waals surface area contributed by atoms with Gasteiger partial charge in [0.2, 0.25) is 0 Å². The Balaban J connectivity index is 1.75. The van der Waals surface area contributed by atoms with E-state index in [0.29, 0.717) is 0 Å². The third-order valence-corrected chi connectivity index (χ3v) is 4.26. The van der Waals surface area contributed by atoms with Crippen molar-refractivity contribution in [1.82, 2.24) is 4.90 Å². The summed E-state index contributed by atoms with van der Waals surface area (Å²) in [5.74, 6) is 0. The van der Waals surface area contributed by atoms with E-state index in [1.165, 1.54) is 17.7 Å². The zero-order chi connectivity index (χ0) is 12.8. The zero-order valence-electron chi connectivity index (χ0n) is 11.2. The number of hydrogen-bond acceptors (Lipinski definition) is 4. The van der Waals surface area contributed by atoms with Gasteiger partial charge in [-0.05, 0) is 37.1 Å². The zero-order valence-corrected chi connectivity index (χ0v) is 12.0. The summed E-state index contributed by atoms with van der Waals surface area (Å²) < 4.78 is 5.07. The Labute approximate surface area is 114 Å². The number of nitrogens with zero attached hydrogens (tertiary/aromatic N) is 1. The fourth-order valence-electron chi connectivity index (χ4n) is 2.27. The summed E-state index contributed by atoms with van der Waals surface area (Å²) in [6.07, 6.45) is 4.81. The minimum absolute atomic E-state index is 0.278. The third-order valence-electron chi connectivity index (χ3n) is 3.39. The van der Waals surface area contributed by atoms with Crippen molar-refractivity contribution < 1.29 is 4.74 Å². The molecule has 0 radical (unpaired) electrons. The highest BCUT2D eigenvalue weighted by Gasteiger charge is 2.29. The van der Waals surface area contributed by atoms with E-state index in [4.69, 9.17) is 10.5 Å². The van der Waals surface area contributed by atoms with Crippen molar-refractivity contribution >= 4 is 11.3 Å². The van der Waals surface area contributed by atoms with E-state index in [2.05, 4.69) is 22.4 Å². The van der Waals surface area contributed by atoms with E-state index in [1.807, 2.05) is 11.3 Å². The lowest BCUT2D eigenvalue weighted by Crippen LogP contribution is -2.38. The van der Waals surface area contributed by atoms with Crippen LogP contribution in [0.5, 0.6) is 0 Å². The van der Waals surface area contributed by atoms with Crippen LogP contribution in [0.25, 0.3) is 0 Å². The van der Waals surface area contributed by atoms with Gasteiger partial charge in [-0.15, -0.1) is 11.3 Å². The molecule has 0 bridgehead atoms. The standard InChI is InChI=1S/C14H24N2OS/c1-17-8-2-4-12(15)10-16(13-6-7-13)11-14-5-3-9-18-14/h3,5,9,12-13H,2,4,6-8,10-11,15H2,1H3. The van der Waals surface area contributed by atoms with Crippen molar-refractivity contribution in [2.45, 2.75) is 44.3 Å². The van der Waals surface area contributed by atoms with Crippen molar-refractivity contribution in [1.29, 1.82) is 0 Å². The topological polar surface area (TPSA) is 38.5 Å². The van der Waals surface area contributed by atoms with Crippen LogP contribution < -0.4 is 5.73 Å². The van der Waals surface area contributed by atoms with Gasteiger partial charge in [0.05, 0.1) is 0 Å². The molecule has 2 rings (SSSR count). The molecular weight excluding hydrogens is 244 g/mol. The number of thiophene rings is 1. The molecule has 4 heteroatoms. The maximum atomic E-state index is 6.22. The summed E-state index contributed by atoms with van der Waals surface area (Å²) in [4.78, 5) is 4.01. The van der Waals surface area contributed by atoms with Crippen molar-refractivity contribution in [2.24, 2.45) is 5.73 Å². The molecule has 1 aromatic rings. The Morgan fingerprint density at radius 3 is 3.00 bits per heavy atom. The number of ether oxygens (including phenoxy) is 1. The fourth-order valence-corrected chi connectivity index (χ4v) is 3.00. The summed E-state index contributed by atoms with van der Waals surface area (Å²) in [6, 6.07) is 5.40. The Morgan fingerprint density at radius 2 is 2.39 bits per heavy atom. The van der Waals surface area contributed by atoms with Crippen molar-refractivity contribution in [3.8, 4) is 0 Å². The van der Waals surface area contributed by atoms with Gasteiger partial charge in [-0.1, -0.05) is 6.07 Å². The predicted octanol–water partition coefficient (Wildman–Crippen LogP) is 2.47. The summed E-state index contributed by atoms with van der Waals surface area (Å²) in [5.41, 5.74) is 6.22. The van der Waals surface area contributed by atoms with Crippen LogP contribution in [0.3, 0.4) is 0 Å². The first-order valence-electron chi connectivity index (χ1n) is 6.80. The molecule has 3 nitrogen and oxygen atoms in total. The molecule has 0 aliphatic heterocycles. The molecule has 1 aliphatic rings. The molecule has 1 unspecified atom stereocenters. The van der Waals surface area contributed by atoms with Gasteiger partial charge in [0.15, 0.2) is 0 Å². The largest absolute Gasteiger partial charge is 0.385 e. The van der Waals surface area contributed by atoms with Crippen LogP contribution in [0.15, 0.2) is 17.5 Å². The van der Waals surface area contributed by atoms with Gasteiger partial charge >= 0.3 is 0 Å². The SMILES string of the molecule is COCCCC(N)CN(Cc1cccs1)C1CC1. The smallest absolute Gasteiger partial charge is 0.0462 e. The van der Waals surface area contributed by atoms with Crippen molar-refractivity contribution in [3.63, 3.8) is 0 Å². The van der Waals surface area contributed by atoms with Gasteiger partial charge < -0.3 is 10.5 Å². The molecule has 0 aromatic carbocycles. The second kappa shape index (κ2) is 7.24. The summed E-state index contributed by atoms with van der Waals surface area (Å²) in [7, 11) is 1.75. The first-order valence-corrected chi connectivity index (χ1v) is 7.68. The van der Waals surface area contributed by atoms with Crippen LogP contribution in [0.2, 0.25) is 0 Å². The van der Waals surface area contributed by atoms with E-state index in [9.17, 15) is 0 Å². The molecule has 18 heavy (non-hydrogen) atoms. The Kier molecular flexibility index (Phi) is 5.63. The van der Waals surface area contributed by atoms with Gasteiger partial charge in [-0.25, -0.2) is 0 Å². The molecular formula is C14H24N2OS. The van der Waals surface area contributed by atoms with E-state index in [0.717, 1.165) is 38.6 Å². The van der Waals surface area contributed by atoms with E-state index in [1.54, 1.807) is 7.11 Å². The number of rotatable bonds is 9. The van der Waals surface area contributed by atoms with E-state index in [-0.39, 0.29) is 6.04 Å². The molecule has 0 spiro atoms. The van der Waals surface area contributed by atoms with Gasteiger partial charge in [-0.3, -0.25) is 4.90 Å². The van der Waals surface area contributed by atoms with E-state index >= 15 is 0 Å². The van der Waals surface area contributed by atoms with Crippen LogP contribution in [-0.2, 0) is 11.3 Å². The second-order valence-electron chi connectivity index (χ2n) is 5.14.